The standard InChI is InChI=1S/C25H34BrN3O4S/c1-17-10-8-13-22(18(17)2)29(34(7,32)33)16-23(30)28(15-20-11-9-12-21(26)14-20)19(3)24(31)27-25(4,5)6/h8-14,19H,15-16H2,1-7H3,(H,27,31)/t19-/m0/s1. The highest BCUT2D eigenvalue weighted by Gasteiger charge is 2.31. The van der Waals surface area contributed by atoms with Gasteiger partial charge in [0.2, 0.25) is 21.8 Å². The fraction of sp³-hybridized carbons (Fsp3) is 0.440. The molecule has 0 aliphatic carbocycles. The van der Waals surface area contributed by atoms with Gasteiger partial charge in [0.1, 0.15) is 12.6 Å². The van der Waals surface area contributed by atoms with Crippen molar-refractivity contribution in [3.8, 4) is 0 Å². The minimum absolute atomic E-state index is 0.154. The summed E-state index contributed by atoms with van der Waals surface area (Å²) in [4.78, 5) is 28.0. The normalized spacial score (nSPS) is 12.7. The Morgan fingerprint density at radius 2 is 1.71 bits per heavy atom. The first kappa shape index (κ1) is 27.9. The van der Waals surface area contributed by atoms with E-state index in [1.54, 1.807) is 19.1 Å². The van der Waals surface area contributed by atoms with Gasteiger partial charge in [-0.25, -0.2) is 8.42 Å². The lowest BCUT2D eigenvalue weighted by Gasteiger charge is -2.33. The molecule has 0 bridgehead atoms. The third kappa shape index (κ3) is 7.56. The number of anilines is 1. The number of aryl methyl sites for hydroxylation is 1. The first-order valence-electron chi connectivity index (χ1n) is 11.0. The number of carbonyl (C=O) groups excluding carboxylic acids is 2. The van der Waals surface area contributed by atoms with E-state index in [-0.39, 0.29) is 12.5 Å². The summed E-state index contributed by atoms with van der Waals surface area (Å²) in [5, 5.41) is 2.91. The Labute approximate surface area is 211 Å². The number of hydrogen-bond donors (Lipinski definition) is 1. The van der Waals surface area contributed by atoms with Crippen LogP contribution in [0.5, 0.6) is 0 Å². The van der Waals surface area contributed by atoms with Crippen molar-refractivity contribution < 1.29 is 18.0 Å². The van der Waals surface area contributed by atoms with Crippen molar-refractivity contribution in [3.63, 3.8) is 0 Å². The fourth-order valence-corrected chi connectivity index (χ4v) is 4.84. The van der Waals surface area contributed by atoms with Crippen molar-refractivity contribution in [1.29, 1.82) is 0 Å². The molecule has 0 saturated carbocycles. The van der Waals surface area contributed by atoms with Crippen LogP contribution in [0, 0.1) is 13.8 Å². The van der Waals surface area contributed by atoms with Crippen LogP contribution >= 0.6 is 15.9 Å². The van der Waals surface area contributed by atoms with Gasteiger partial charge in [0.15, 0.2) is 0 Å². The van der Waals surface area contributed by atoms with Crippen LogP contribution < -0.4 is 9.62 Å². The third-order valence-electron chi connectivity index (χ3n) is 5.43. The molecule has 0 heterocycles. The zero-order chi connectivity index (χ0) is 25.8. The average Bonchev–Trinajstić information content (AvgIpc) is 2.70. The minimum atomic E-state index is -3.76. The molecule has 2 aromatic rings. The molecular weight excluding hydrogens is 518 g/mol. The summed E-state index contributed by atoms with van der Waals surface area (Å²) < 4.78 is 27.4. The molecule has 0 spiro atoms. The first-order valence-corrected chi connectivity index (χ1v) is 13.6. The Kier molecular flexibility index (Phi) is 8.93. The van der Waals surface area contributed by atoms with E-state index in [1.165, 1.54) is 4.90 Å². The maximum atomic E-state index is 13.6. The van der Waals surface area contributed by atoms with E-state index in [0.717, 1.165) is 31.7 Å². The van der Waals surface area contributed by atoms with Crippen LogP contribution in [0.3, 0.4) is 0 Å². The van der Waals surface area contributed by atoms with Gasteiger partial charge in [-0.1, -0.05) is 40.2 Å². The zero-order valence-electron chi connectivity index (χ0n) is 20.8. The summed E-state index contributed by atoms with van der Waals surface area (Å²) in [5.74, 6) is -0.781. The number of carbonyl (C=O) groups is 2. The molecule has 0 fully saturated rings. The molecule has 7 nitrogen and oxygen atoms in total. The number of hydrogen-bond acceptors (Lipinski definition) is 4. The molecule has 0 aromatic heterocycles. The second kappa shape index (κ2) is 10.9. The van der Waals surface area contributed by atoms with Crippen LogP contribution in [-0.4, -0.2) is 49.5 Å². The monoisotopic (exact) mass is 551 g/mol. The van der Waals surface area contributed by atoms with Gasteiger partial charge in [-0.3, -0.25) is 13.9 Å². The smallest absolute Gasteiger partial charge is 0.244 e. The molecule has 34 heavy (non-hydrogen) atoms. The number of halogens is 1. The Bertz CT molecular complexity index is 1160. The summed E-state index contributed by atoms with van der Waals surface area (Å²) >= 11 is 3.44. The summed E-state index contributed by atoms with van der Waals surface area (Å²) in [6.07, 6.45) is 1.08. The molecule has 2 rings (SSSR count). The van der Waals surface area contributed by atoms with Gasteiger partial charge in [-0.15, -0.1) is 0 Å². The Hall–Kier alpha value is -2.39. The molecular formula is C25H34BrN3O4S. The van der Waals surface area contributed by atoms with Crippen LogP contribution in [0.2, 0.25) is 0 Å². The van der Waals surface area contributed by atoms with Crippen LogP contribution in [-0.2, 0) is 26.2 Å². The van der Waals surface area contributed by atoms with Gasteiger partial charge in [0.05, 0.1) is 11.9 Å². The molecule has 0 aliphatic rings. The fourth-order valence-electron chi connectivity index (χ4n) is 3.49. The van der Waals surface area contributed by atoms with Gasteiger partial charge in [-0.05, 0) is 76.4 Å². The van der Waals surface area contributed by atoms with Crippen molar-refractivity contribution in [2.24, 2.45) is 0 Å². The summed E-state index contributed by atoms with van der Waals surface area (Å²) in [7, 11) is -3.76. The quantitative estimate of drug-likeness (QED) is 0.533. The maximum absolute atomic E-state index is 13.6. The number of rotatable bonds is 8. The predicted molar refractivity (Wildman–Crippen MR) is 140 cm³/mol. The van der Waals surface area contributed by atoms with Gasteiger partial charge >= 0.3 is 0 Å². The lowest BCUT2D eigenvalue weighted by atomic mass is 10.1. The van der Waals surface area contributed by atoms with Gasteiger partial charge in [0, 0.05) is 16.6 Å². The van der Waals surface area contributed by atoms with E-state index in [9.17, 15) is 18.0 Å². The summed E-state index contributed by atoms with van der Waals surface area (Å²) in [6.45, 7) is 10.7. The van der Waals surface area contributed by atoms with Gasteiger partial charge in [-0.2, -0.15) is 0 Å². The number of nitrogens with one attached hydrogen (secondary N) is 1. The van der Waals surface area contributed by atoms with Crippen molar-refractivity contribution >= 4 is 43.5 Å². The number of sulfonamides is 1. The van der Waals surface area contributed by atoms with Crippen LogP contribution in [0.1, 0.15) is 44.4 Å². The average molecular weight is 553 g/mol. The third-order valence-corrected chi connectivity index (χ3v) is 7.05. The van der Waals surface area contributed by atoms with E-state index < -0.39 is 34.1 Å². The van der Waals surface area contributed by atoms with Gasteiger partial charge < -0.3 is 10.2 Å². The Morgan fingerprint density at radius 1 is 1.09 bits per heavy atom. The van der Waals surface area contributed by atoms with Crippen molar-refractivity contribution in [2.45, 2.75) is 59.7 Å². The van der Waals surface area contributed by atoms with E-state index in [0.29, 0.717) is 5.69 Å². The van der Waals surface area contributed by atoms with Crippen LogP contribution in [0.4, 0.5) is 5.69 Å². The van der Waals surface area contributed by atoms with Crippen LogP contribution in [0.15, 0.2) is 46.9 Å². The van der Waals surface area contributed by atoms with E-state index in [4.69, 9.17) is 0 Å². The second-order valence-corrected chi connectivity index (χ2v) is 12.4. The molecule has 0 unspecified atom stereocenters. The topological polar surface area (TPSA) is 86.8 Å². The molecule has 2 aromatic carbocycles. The van der Waals surface area contributed by atoms with Crippen molar-refractivity contribution in [3.05, 3.63) is 63.6 Å². The Balaban J connectivity index is 2.45. The number of nitrogens with zero attached hydrogens (tertiary/aromatic N) is 2. The molecule has 9 heteroatoms. The van der Waals surface area contributed by atoms with Crippen molar-refractivity contribution in [2.75, 3.05) is 17.1 Å². The van der Waals surface area contributed by atoms with E-state index in [1.807, 2.05) is 65.0 Å². The van der Waals surface area contributed by atoms with E-state index >= 15 is 0 Å². The summed E-state index contributed by atoms with van der Waals surface area (Å²) in [6, 6.07) is 12.0. The molecule has 0 aliphatic heterocycles. The summed E-state index contributed by atoms with van der Waals surface area (Å²) in [5.41, 5.74) is 2.48. The molecule has 1 atom stereocenters. The SMILES string of the molecule is Cc1cccc(N(CC(=O)N(Cc2cccc(Br)c2)[C@@H](C)C(=O)NC(C)(C)C)S(C)(=O)=O)c1C. The highest BCUT2D eigenvalue weighted by atomic mass is 79.9. The maximum Gasteiger partial charge on any atom is 0.244 e. The minimum Gasteiger partial charge on any atom is -0.350 e. The molecule has 186 valence electrons. The molecule has 2 amide bonds. The van der Waals surface area contributed by atoms with E-state index in [2.05, 4.69) is 21.2 Å². The zero-order valence-corrected chi connectivity index (χ0v) is 23.2. The largest absolute Gasteiger partial charge is 0.350 e. The van der Waals surface area contributed by atoms with Gasteiger partial charge in [0.25, 0.3) is 0 Å². The molecule has 1 N–H and O–H groups in total. The highest BCUT2D eigenvalue weighted by Crippen LogP contribution is 2.25. The van der Waals surface area contributed by atoms with Crippen molar-refractivity contribution in [1.82, 2.24) is 10.2 Å². The molecule has 0 radical (unpaired) electrons. The molecule has 0 saturated heterocycles. The second-order valence-electron chi connectivity index (χ2n) is 9.56. The Morgan fingerprint density at radius 3 is 2.26 bits per heavy atom. The highest BCUT2D eigenvalue weighted by molar-refractivity contribution is 9.10. The van der Waals surface area contributed by atoms with Crippen LogP contribution in [0.25, 0.3) is 0 Å². The number of benzene rings is 2. The lowest BCUT2D eigenvalue weighted by molar-refractivity contribution is -0.140. The lowest BCUT2D eigenvalue weighted by Crippen LogP contribution is -2.54. The first-order chi connectivity index (χ1) is 15.6. The number of amides is 2. The predicted octanol–water partition coefficient (Wildman–Crippen LogP) is 4.16.